The lowest BCUT2D eigenvalue weighted by atomic mass is 10.00. The van der Waals surface area contributed by atoms with E-state index in [1.54, 1.807) is 36.8 Å². The number of nitrogens with zero attached hydrogens (tertiary/aromatic N) is 3. The molecule has 0 saturated carbocycles. The van der Waals surface area contributed by atoms with E-state index < -0.39 is 0 Å². The summed E-state index contributed by atoms with van der Waals surface area (Å²) in [6.45, 7) is 2.56. The van der Waals surface area contributed by atoms with Gasteiger partial charge in [-0.3, -0.25) is 9.78 Å². The Morgan fingerprint density at radius 1 is 1.09 bits per heavy atom. The van der Waals surface area contributed by atoms with Crippen LogP contribution in [0.25, 0.3) is 33.5 Å². The van der Waals surface area contributed by atoms with Crippen LogP contribution in [0.15, 0.2) is 67.3 Å². The zero-order valence-corrected chi connectivity index (χ0v) is 18.7. The molecule has 2 aromatic carbocycles. The van der Waals surface area contributed by atoms with Gasteiger partial charge in [0.2, 0.25) is 0 Å². The predicted octanol–water partition coefficient (Wildman–Crippen LogP) is 4.26. The van der Waals surface area contributed by atoms with Gasteiger partial charge in [0, 0.05) is 42.2 Å². The van der Waals surface area contributed by atoms with Crippen molar-refractivity contribution in [2.45, 2.75) is 19.8 Å². The smallest absolute Gasteiger partial charge is 0.251 e. The average molecular weight is 453 g/mol. The highest BCUT2D eigenvalue weighted by Crippen LogP contribution is 2.34. The van der Waals surface area contributed by atoms with E-state index in [0.29, 0.717) is 35.4 Å². The molecular weight excluding hydrogens is 428 g/mol. The van der Waals surface area contributed by atoms with Gasteiger partial charge in [0.05, 0.1) is 28.6 Å². The molecule has 0 spiro atoms. The number of hydrogen-bond donors (Lipinski definition) is 4. The Balaban J connectivity index is 1.41. The summed E-state index contributed by atoms with van der Waals surface area (Å²) in [5.41, 5.74) is 6.42. The van der Waals surface area contributed by atoms with Crippen LogP contribution in [-0.2, 0) is 12.8 Å². The largest absolute Gasteiger partial charge is 0.507 e. The summed E-state index contributed by atoms with van der Waals surface area (Å²) in [7, 11) is 0. The van der Waals surface area contributed by atoms with Crippen LogP contribution in [0.4, 0.5) is 0 Å². The second-order valence-electron chi connectivity index (χ2n) is 7.97. The highest BCUT2D eigenvalue weighted by atomic mass is 16.3. The Morgan fingerprint density at radius 2 is 2.00 bits per heavy atom. The van der Waals surface area contributed by atoms with Crippen molar-refractivity contribution in [1.29, 1.82) is 0 Å². The molecule has 8 heteroatoms. The van der Waals surface area contributed by atoms with Crippen molar-refractivity contribution < 1.29 is 9.90 Å². The number of rotatable bonds is 7. The van der Waals surface area contributed by atoms with E-state index in [1.807, 2.05) is 30.5 Å². The molecule has 3 heterocycles. The number of H-pyrrole nitrogens is 2. The van der Waals surface area contributed by atoms with Gasteiger partial charge in [-0.25, -0.2) is 9.97 Å². The second-order valence-corrected chi connectivity index (χ2v) is 7.97. The van der Waals surface area contributed by atoms with E-state index in [-0.39, 0.29) is 11.7 Å². The maximum atomic E-state index is 12.6. The lowest BCUT2D eigenvalue weighted by Crippen LogP contribution is -2.25. The summed E-state index contributed by atoms with van der Waals surface area (Å²) in [5.74, 6) is 0.496. The van der Waals surface area contributed by atoms with Gasteiger partial charge in [-0.2, -0.15) is 0 Å². The summed E-state index contributed by atoms with van der Waals surface area (Å²) in [6, 6.07) is 14.7. The summed E-state index contributed by atoms with van der Waals surface area (Å²) in [6.07, 6.45) is 6.68. The molecular formula is C26H24N6O2. The van der Waals surface area contributed by atoms with Crippen LogP contribution in [-0.4, -0.2) is 42.5 Å². The van der Waals surface area contributed by atoms with Gasteiger partial charge in [0.25, 0.3) is 5.91 Å². The summed E-state index contributed by atoms with van der Waals surface area (Å²) in [5, 5.41) is 13.5. The number of nitrogens with one attached hydrogen (secondary N) is 3. The van der Waals surface area contributed by atoms with Gasteiger partial charge >= 0.3 is 0 Å². The first-order valence-corrected chi connectivity index (χ1v) is 11.2. The minimum absolute atomic E-state index is 0.126. The Morgan fingerprint density at radius 3 is 2.82 bits per heavy atom. The summed E-state index contributed by atoms with van der Waals surface area (Å²) < 4.78 is 0. The van der Waals surface area contributed by atoms with Crippen molar-refractivity contribution in [3.05, 3.63) is 84.2 Å². The lowest BCUT2D eigenvalue weighted by molar-refractivity contribution is 0.0954. The Bertz CT molecular complexity index is 1460. The Kier molecular flexibility index (Phi) is 5.78. The molecule has 5 rings (SSSR count). The van der Waals surface area contributed by atoms with Gasteiger partial charge in [0.1, 0.15) is 11.6 Å². The number of benzene rings is 2. The number of carbonyl (C=O) groups is 1. The number of hydrogen-bond acceptors (Lipinski definition) is 5. The van der Waals surface area contributed by atoms with Crippen LogP contribution in [0.3, 0.4) is 0 Å². The number of aromatic nitrogens is 5. The van der Waals surface area contributed by atoms with Crippen molar-refractivity contribution in [2.24, 2.45) is 0 Å². The molecule has 0 atom stereocenters. The second kappa shape index (κ2) is 9.19. The quantitative estimate of drug-likeness (QED) is 0.294. The Labute approximate surface area is 196 Å². The fourth-order valence-corrected chi connectivity index (χ4v) is 3.99. The third kappa shape index (κ3) is 4.25. The number of imidazole rings is 2. The van der Waals surface area contributed by atoms with E-state index in [4.69, 9.17) is 0 Å². The number of aromatic amines is 2. The molecule has 0 unspecified atom stereocenters. The number of carbonyl (C=O) groups excluding carboxylic acids is 1. The van der Waals surface area contributed by atoms with Crippen molar-refractivity contribution in [3.8, 4) is 28.3 Å². The van der Waals surface area contributed by atoms with Crippen LogP contribution < -0.4 is 5.32 Å². The number of aromatic hydroxyl groups is 1. The minimum Gasteiger partial charge on any atom is -0.507 e. The molecule has 34 heavy (non-hydrogen) atoms. The van der Waals surface area contributed by atoms with E-state index in [2.05, 4.69) is 37.2 Å². The van der Waals surface area contributed by atoms with E-state index in [9.17, 15) is 9.90 Å². The molecule has 0 radical (unpaired) electrons. The molecule has 5 aromatic rings. The molecule has 3 aromatic heterocycles. The van der Waals surface area contributed by atoms with Gasteiger partial charge in [-0.05, 0) is 48.4 Å². The lowest BCUT2D eigenvalue weighted by Gasteiger charge is -2.09. The van der Waals surface area contributed by atoms with Crippen LogP contribution in [0.1, 0.15) is 28.7 Å². The fraction of sp³-hybridized carbons (Fsp3) is 0.154. The zero-order chi connectivity index (χ0) is 23.5. The predicted molar refractivity (Wildman–Crippen MR) is 130 cm³/mol. The van der Waals surface area contributed by atoms with Gasteiger partial charge in [0.15, 0.2) is 0 Å². The SMILES string of the molecule is CCc1ncccc1-c1ccc(O)c(-c2nc3ccc(C(=O)NCCc4c[nH]cn4)cc3[nH]2)c1. The Hall–Kier alpha value is -4.46. The van der Waals surface area contributed by atoms with E-state index >= 15 is 0 Å². The van der Waals surface area contributed by atoms with Crippen LogP contribution >= 0.6 is 0 Å². The monoisotopic (exact) mass is 452 g/mol. The first kappa shape index (κ1) is 21.4. The van der Waals surface area contributed by atoms with Crippen molar-refractivity contribution >= 4 is 16.9 Å². The number of aryl methyl sites for hydroxylation is 1. The standard InChI is InChI=1S/C26H24N6O2/c1-2-21-19(4-3-10-28-21)16-6-8-24(33)20(12-16)25-31-22-7-5-17(13-23(22)32-25)26(34)29-11-9-18-14-27-15-30-18/h3-8,10,12-15,33H,2,9,11H2,1H3,(H,27,30)(H,29,34)(H,31,32). The fourth-order valence-electron chi connectivity index (χ4n) is 3.99. The summed E-state index contributed by atoms with van der Waals surface area (Å²) in [4.78, 5) is 32.0. The minimum atomic E-state index is -0.165. The first-order chi connectivity index (χ1) is 16.6. The van der Waals surface area contributed by atoms with Crippen LogP contribution in [0.2, 0.25) is 0 Å². The van der Waals surface area contributed by atoms with Crippen molar-refractivity contribution in [2.75, 3.05) is 6.54 Å². The molecule has 1 amide bonds. The van der Waals surface area contributed by atoms with Gasteiger partial charge in [-0.1, -0.05) is 19.1 Å². The van der Waals surface area contributed by atoms with Crippen LogP contribution in [0.5, 0.6) is 5.75 Å². The van der Waals surface area contributed by atoms with Crippen LogP contribution in [0, 0.1) is 0 Å². The maximum Gasteiger partial charge on any atom is 0.251 e. The molecule has 0 aliphatic rings. The number of phenols is 1. The van der Waals surface area contributed by atoms with Gasteiger partial charge < -0.3 is 20.4 Å². The number of phenolic OH excluding ortho intramolecular Hbond substituents is 1. The molecule has 0 fully saturated rings. The van der Waals surface area contributed by atoms with E-state index in [1.165, 1.54) is 0 Å². The topological polar surface area (TPSA) is 120 Å². The molecule has 0 aliphatic heterocycles. The summed E-state index contributed by atoms with van der Waals surface area (Å²) >= 11 is 0. The number of amides is 1. The molecule has 0 aliphatic carbocycles. The first-order valence-electron chi connectivity index (χ1n) is 11.2. The third-order valence-electron chi connectivity index (χ3n) is 5.75. The average Bonchev–Trinajstić information content (AvgIpc) is 3.53. The number of pyridine rings is 1. The normalized spacial score (nSPS) is 11.1. The molecule has 170 valence electrons. The van der Waals surface area contributed by atoms with Crippen molar-refractivity contribution in [3.63, 3.8) is 0 Å². The molecule has 0 saturated heterocycles. The van der Waals surface area contributed by atoms with E-state index in [0.717, 1.165) is 34.5 Å². The molecule has 8 nitrogen and oxygen atoms in total. The highest BCUT2D eigenvalue weighted by molar-refractivity contribution is 5.97. The third-order valence-corrected chi connectivity index (χ3v) is 5.75. The zero-order valence-electron chi connectivity index (χ0n) is 18.7. The molecule has 0 bridgehead atoms. The van der Waals surface area contributed by atoms with Gasteiger partial charge in [-0.15, -0.1) is 0 Å². The van der Waals surface area contributed by atoms with Crippen molar-refractivity contribution in [1.82, 2.24) is 30.2 Å². The molecule has 4 N–H and O–H groups in total. The number of fused-ring (bicyclic) bond motifs is 1. The maximum absolute atomic E-state index is 12.6. The highest BCUT2D eigenvalue weighted by Gasteiger charge is 2.14.